The molecule has 0 saturated heterocycles. The molecule has 1 heteroatoms. The minimum absolute atomic E-state index is 0.823. The summed E-state index contributed by atoms with van der Waals surface area (Å²) in [5, 5.41) is 0. The fourth-order valence-corrected chi connectivity index (χ4v) is 1.33. The molecular weight excluding hydrogens is 160 g/mol. The predicted octanol–water partition coefficient (Wildman–Crippen LogP) is 4.02. The number of ether oxygens (including phenoxy) is 1. The molecule has 0 fully saturated rings. The molecule has 0 heterocycles. The van der Waals surface area contributed by atoms with Gasteiger partial charge in [-0.1, -0.05) is 40.0 Å². The molecule has 0 N–H and O–H groups in total. The lowest BCUT2D eigenvalue weighted by atomic mass is 10.1. The van der Waals surface area contributed by atoms with Crippen LogP contribution in [0.4, 0.5) is 0 Å². The van der Waals surface area contributed by atoms with Crippen LogP contribution in [0, 0.1) is 5.92 Å². The van der Waals surface area contributed by atoms with E-state index in [1.807, 2.05) is 0 Å². The highest BCUT2D eigenvalue weighted by Crippen LogP contribution is 2.04. The van der Waals surface area contributed by atoms with Gasteiger partial charge in [-0.2, -0.15) is 0 Å². The van der Waals surface area contributed by atoms with Crippen molar-refractivity contribution in [2.45, 2.75) is 59.3 Å². The van der Waals surface area contributed by atoms with Gasteiger partial charge in [-0.25, -0.2) is 0 Å². The van der Waals surface area contributed by atoms with E-state index in [4.69, 9.17) is 4.74 Å². The Hall–Kier alpha value is -0.0400. The third-order valence-corrected chi connectivity index (χ3v) is 2.21. The van der Waals surface area contributed by atoms with E-state index in [1.54, 1.807) is 0 Å². The Kier molecular flexibility index (Phi) is 10.0. The van der Waals surface area contributed by atoms with E-state index in [0.717, 1.165) is 19.1 Å². The monoisotopic (exact) mass is 186 g/mol. The van der Waals surface area contributed by atoms with Gasteiger partial charge in [-0.3, -0.25) is 0 Å². The van der Waals surface area contributed by atoms with Crippen LogP contribution >= 0.6 is 0 Å². The maximum absolute atomic E-state index is 5.53. The minimum Gasteiger partial charge on any atom is -0.381 e. The molecule has 0 bridgehead atoms. The molecule has 0 aromatic heterocycles. The van der Waals surface area contributed by atoms with E-state index in [9.17, 15) is 0 Å². The first-order chi connectivity index (χ1) is 6.27. The SMILES string of the molecule is CCCCCCOCCCC(C)C. The Morgan fingerprint density at radius 1 is 0.923 bits per heavy atom. The number of hydrogen-bond acceptors (Lipinski definition) is 1. The Balaban J connectivity index is 2.84. The van der Waals surface area contributed by atoms with Crippen LogP contribution in [-0.4, -0.2) is 13.2 Å². The lowest BCUT2D eigenvalue weighted by Gasteiger charge is -2.05. The van der Waals surface area contributed by atoms with Gasteiger partial charge in [0.2, 0.25) is 0 Å². The molecular formula is C12H26O. The van der Waals surface area contributed by atoms with Crippen LogP contribution in [0.3, 0.4) is 0 Å². The quantitative estimate of drug-likeness (QED) is 0.494. The Morgan fingerprint density at radius 3 is 2.23 bits per heavy atom. The standard InChI is InChI=1S/C12H26O/c1-4-5-6-7-10-13-11-8-9-12(2)3/h12H,4-11H2,1-3H3. The average molecular weight is 186 g/mol. The maximum Gasteiger partial charge on any atom is 0.0466 e. The zero-order valence-electron chi connectivity index (χ0n) is 9.64. The molecule has 0 aliphatic carbocycles. The van der Waals surface area contributed by atoms with E-state index >= 15 is 0 Å². The van der Waals surface area contributed by atoms with Gasteiger partial charge in [0.1, 0.15) is 0 Å². The van der Waals surface area contributed by atoms with Crippen molar-refractivity contribution in [2.24, 2.45) is 5.92 Å². The van der Waals surface area contributed by atoms with Crippen molar-refractivity contribution >= 4 is 0 Å². The summed E-state index contributed by atoms with van der Waals surface area (Å²) < 4.78 is 5.53. The molecule has 0 spiro atoms. The van der Waals surface area contributed by atoms with Gasteiger partial charge in [0.05, 0.1) is 0 Å². The number of hydrogen-bond donors (Lipinski definition) is 0. The van der Waals surface area contributed by atoms with Crippen LogP contribution in [0.5, 0.6) is 0 Å². The lowest BCUT2D eigenvalue weighted by Crippen LogP contribution is -1.98. The van der Waals surface area contributed by atoms with E-state index in [1.165, 1.54) is 38.5 Å². The van der Waals surface area contributed by atoms with Gasteiger partial charge in [-0.15, -0.1) is 0 Å². The van der Waals surface area contributed by atoms with Crippen LogP contribution < -0.4 is 0 Å². The van der Waals surface area contributed by atoms with E-state index in [2.05, 4.69) is 20.8 Å². The van der Waals surface area contributed by atoms with Gasteiger partial charge in [0, 0.05) is 13.2 Å². The highest BCUT2D eigenvalue weighted by Gasteiger charge is 1.94. The van der Waals surface area contributed by atoms with E-state index < -0.39 is 0 Å². The summed E-state index contributed by atoms with van der Waals surface area (Å²) in [7, 11) is 0. The van der Waals surface area contributed by atoms with Crippen LogP contribution in [0.25, 0.3) is 0 Å². The molecule has 0 rings (SSSR count). The Labute approximate surface area is 83.9 Å². The molecule has 0 amide bonds. The summed E-state index contributed by atoms with van der Waals surface area (Å²) in [6, 6.07) is 0. The minimum atomic E-state index is 0.823. The van der Waals surface area contributed by atoms with Gasteiger partial charge < -0.3 is 4.74 Å². The summed E-state index contributed by atoms with van der Waals surface area (Å²) in [5.74, 6) is 0.823. The molecule has 0 aromatic rings. The fourth-order valence-electron chi connectivity index (χ4n) is 1.33. The van der Waals surface area contributed by atoms with Crippen molar-refractivity contribution in [2.75, 3.05) is 13.2 Å². The second-order valence-corrected chi connectivity index (χ2v) is 4.21. The predicted molar refractivity (Wildman–Crippen MR) is 59.0 cm³/mol. The van der Waals surface area contributed by atoms with Crippen LogP contribution in [-0.2, 0) is 4.74 Å². The summed E-state index contributed by atoms with van der Waals surface area (Å²) in [4.78, 5) is 0. The van der Waals surface area contributed by atoms with Crippen LogP contribution in [0.1, 0.15) is 59.3 Å². The molecule has 0 atom stereocenters. The zero-order chi connectivity index (χ0) is 9.94. The van der Waals surface area contributed by atoms with Gasteiger partial charge in [-0.05, 0) is 25.2 Å². The molecule has 0 aromatic carbocycles. The lowest BCUT2D eigenvalue weighted by molar-refractivity contribution is 0.124. The third-order valence-electron chi connectivity index (χ3n) is 2.21. The Morgan fingerprint density at radius 2 is 1.62 bits per heavy atom. The largest absolute Gasteiger partial charge is 0.381 e. The van der Waals surface area contributed by atoms with Crippen molar-refractivity contribution in [3.8, 4) is 0 Å². The average Bonchev–Trinajstić information content (AvgIpc) is 2.09. The summed E-state index contributed by atoms with van der Waals surface area (Å²) in [6.07, 6.45) is 7.78. The van der Waals surface area contributed by atoms with Gasteiger partial charge in [0.15, 0.2) is 0 Å². The second kappa shape index (κ2) is 10.0. The fraction of sp³-hybridized carbons (Fsp3) is 1.00. The normalized spacial score (nSPS) is 11.1. The Bertz CT molecular complexity index is 89.1. The first kappa shape index (κ1) is 13.0. The summed E-state index contributed by atoms with van der Waals surface area (Å²) in [5.41, 5.74) is 0. The first-order valence-electron chi connectivity index (χ1n) is 5.85. The van der Waals surface area contributed by atoms with Gasteiger partial charge in [0.25, 0.3) is 0 Å². The third kappa shape index (κ3) is 12.0. The van der Waals surface area contributed by atoms with E-state index in [-0.39, 0.29) is 0 Å². The second-order valence-electron chi connectivity index (χ2n) is 4.21. The van der Waals surface area contributed by atoms with Crippen molar-refractivity contribution in [1.82, 2.24) is 0 Å². The molecule has 0 aliphatic heterocycles. The van der Waals surface area contributed by atoms with Crippen LogP contribution in [0.2, 0.25) is 0 Å². The molecule has 0 radical (unpaired) electrons. The molecule has 13 heavy (non-hydrogen) atoms. The summed E-state index contributed by atoms with van der Waals surface area (Å²) >= 11 is 0. The zero-order valence-corrected chi connectivity index (χ0v) is 9.64. The number of rotatable bonds is 9. The first-order valence-corrected chi connectivity index (χ1v) is 5.85. The maximum atomic E-state index is 5.53. The van der Waals surface area contributed by atoms with Crippen molar-refractivity contribution in [3.05, 3.63) is 0 Å². The molecule has 0 aliphatic rings. The number of unbranched alkanes of at least 4 members (excludes halogenated alkanes) is 3. The van der Waals surface area contributed by atoms with E-state index in [0.29, 0.717) is 0 Å². The highest BCUT2D eigenvalue weighted by molar-refractivity contribution is 4.45. The van der Waals surface area contributed by atoms with Crippen molar-refractivity contribution in [1.29, 1.82) is 0 Å². The van der Waals surface area contributed by atoms with Crippen molar-refractivity contribution < 1.29 is 4.74 Å². The van der Waals surface area contributed by atoms with Crippen LogP contribution in [0.15, 0.2) is 0 Å². The highest BCUT2D eigenvalue weighted by atomic mass is 16.5. The topological polar surface area (TPSA) is 9.23 Å². The smallest absolute Gasteiger partial charge is 0.0466 e. The van der Waals surface area contributed by atoms with Crippen molar-refractivity contribution in [3.63, 3.8) is 0 Å². The van der Waals surface area contributed by atoms with Gasteiger partial charge >= 0.3 is 0 Å². The summed E-state index contributed by atoms with van der Waals surface area (Å²) in [6.45, 7) is 8.70. The molecule has 0 unspecified atom stereocenters. The molecule has 1 nitrogen and oxygen atoms in total. The molecule has 80 valence electrons. The molecule has 0 saturated carbocycles.